The van der Waals surface area contributed by atoms with Crippen molar-refractivity contribution in [1.82, 2.24) is 55.9 Å². The van der Waals surface area contributed by atoms with Crippen molar-refractivity contribution in [3.8, 4) is 5.75 Å². The topological polar surface area (TPSA) is 282 Å². The second-order valence-corrected chi connectivity index (χ2v) is 24.6. The van der Waals surface area contributed by atoms with Gasteiger partial charge in [0.25, 0.3) is 11.8 Å². The average Bonchev–Trinajstić information content (AvgIpc) is 4.07. The predicted molar refractivity (Wildman–Crippen MR) is 304 cm³/mol. The minimum absolute atomic E-state index is 0.00734. The molecule has 0 spiro atoms. The molecule has 7 amide bonds. The molecule has 0 bridgehead atoms. The molecule has 23 nitrogen and oxygen atoms in total. The molecule has 1 aliphatic carbocycles. The highest BCUT2D eigenvalue weighted by molar-refractivity contribution is 9.09. The van der Waals surface area contributed by atoms with Gasteiger partial charge in [-0.1, -0.05) is 104 Å². The van der Waals surface area contributed by atoms with Crippen molar-refractivity contribution in [2.75, 3.05) is 48.5 Å². The van der Waals surface area contributed by atoms with E-state index >= 15 is 0 Å². The number of likely N-dealkylation sites (N-methyl/N-ethyl adjacent to an activating group) is 2. The predicted octanol–water partition coefficient (Wildman–Crippen LogP) is 3.36. The van der Waals surface area contributed by atoms with E-state index in [2.05, 4.69) is 68.4 Å². The summed E-state index contributed by atoms with van der Waals surface area (Å²) >= 11 is 6.81. The molecule has 2 aliphatic rings. The number of hydrazine groups is 1. The summed E-state index contributed by atoms with van der Waals surface area (Å²) in [6.07, 6.45) is 1.36. The van der Waals surface area contributed by atoms with Crippen molar-refractivity contribution in [3.63, 3.8) is 0 Å². The van der Waals surface area contributed by atoms with Gasteiger partial charge in [-0.2, -0.15) is 0 Å². The van der Waals surface area contributed by atoms with E-state index in [1.807, 2.05) is 60.5 Å². The Morgan fingerprint density at radius 3 is 2.05 bits per heavy atom. The lowest BCUT2D eigenvalue weighted by Gasteiger charge is -2.41. The van der Waals surface area contributed by atoms with Crippen molar-refractivity contribution < 1.29 is 56.2 Å². The number of aromatic nitrogens is 3. The van der Waals surface area contributed by atoms with E-state index in [0.717, 1.165) is 11.4 Å². The zero-order chi connectivity index (χ0) is 58.9. The zero-order valence-corrected chi connectivity index (χ0v) is 51.9. The van der Waals surface area contributed by atoms with Crippen LogP contribution >= 0.6 is 31.9 Å². The van der Waals surface area contributed by atoms with Gasteiger partial charge in [-0.25, -0.2) is 13.1 Å². The molecule has 1 saturated carbocycles. The first-order valence-corrected chi connectivity index (χ1v) is 30.9. The Morgan fingerprint density at radius 1 is 0.835 bits per heavy atom. The summed E-state index contributed by atoms with van der Waals surface area (Å²) in [6.45, 7) is 13.7. The highest BCUT2D eigenvalue weighted by Crippen LogP contribution is 2.31. The molecule has 26 heteroatoms. The Kier molecular flexibility index (Phi) is 26.6. The molecule has 1 aromatic carbocycles. The third-order valence-electron chi connectivity index (χ3n) is 14.8. The van der Waals surface area contributed by atoms with Crippen LogP contribution in [0, 0.1) is 23.7 Å². The number of benzene rings is 1. The Bertz CT molecular complexity index is 2470. The van der Waals surface area contributed by atoms with Gasteiger partial charge in [0.05, 0.1) is 59.3 Å². The molecule has 9 atom stereocenters. The van der Waals surface area contributed by atoms with Crippen LogP contribution in [0.2, 0.25) is 0 Å². The molecule has 1 unspecified atom stereocenters. The first kappa shape index (κ1) is 66.7. The van der Waals surface area contributed by atoms with Crippen LogP contribution < -0.4 is 30.9 Å². The fourth-order valence-electron chi connectivity index (χ4n) is 10.1. The van der Waals surface area contributed by atoms with Crippen molar-refractivity contribution in [1.29, 1.82) is 0 Å². The van der Waals surface area contributed by atoms with E-state index in [1.165, 1.54) is 14.2 Å². The fourth-order valence-corrected chi connectivity index (χ4v) is 12.5. The van der Waals surface area contributed by atoms with Crippen molar-refractivity contribution in [2.45, 2.75) is 171 Å². The monoisotopic (exact) mass is 1260 g/mol. The molecule has 2 fully saturated rings. The van der Waals surface area contributed by atoms with E-state index in [4.69, 9.17) is 14.2 Å². The normalized spacial score (nSPS) is 17.7. The van der Waals surface area contributed by atoms with Crippen molar-refractivity contribution >= 4 is 83.2 Å². The van der Waals surface area contributed by atoms with Crippen LogP contribution in [-0.2, 0) is 76.7 Å². The van der Waals surface area contributed by atoms with Crippen molar-refractivity contribution in [2.24, 2.45) is 23.7 Å². The number of carbonyl (C=O) groups excluding carboxylic acids is 7. The number of rotatable bonds is 32. The summed E-state index contributed by atoms with van der Waals surface area (Å²) in [5.41, 5.74) is 6.92. The smallest absolute Gasteiger partial charge is 0.276 e. The number of aryl methyl sites for hydroxylation is 1. The lowest BCUT2D eigenvalue weighted by atomic mass is 9.89. The maximum Gasteiger partial charge on any atom is 0.276 e. The van der Waals surface area contributed by atoms with Crippen LogP contribution in [0.5, 0.6) is 5.75 Å². The number of methoxy groups -OCH3 is 2. The van der Waals surface area contributed by atoms with E-state index in [9.17, 15) is 42.0 Å². The molecule has 79 heavy (non-hydrogen) atoms. The number of hydrogen-bond donors (Lipinski definition) is 5. The van der Waals surface area contributed by atoms with E-state index in [-0.39, 0.29) is 60.5 Å². The van der Waals surface area contributed by atoms with E-state index < -0.39 is 93.8 Å². The second kappa shape index (κ2) is 31.5. The quantitative estimate of drug-likeness (QED) is 0.0519. The summed E-state index contributed by atoms with van der Waals surface area (Å²) in [5, 5.41) is 14.4. The Hall–Kier alpha value is -4.76. The number of alkyl halides is 2. The number of likely N-dealkylation sites (tertiary alicyclic amines) is 1. The number of carbonyl (C=O) groups is 7. The number of sulfonamides is 1. The van der Waals surface area contributed by atoms with E-state index in [0.29, 0.717) is 67.8 Å². The summed E-state index contributed by atoms with van der Waals surface area (Å²) < 4.78 is 47.5. The van der Waals surface area contributed by atoms with Crippen LogP contribution in [0.3, 0.4) is 0 Å². The largest absolute Gasteiger partial charge is 0.484 e. The highest BCUT2D eigenvalue weighted by atomic mass is 79.9. The number of nitrogens with one attached hydrogen (secondary N) is 5. The minimum Gasteiger partial charge on any atom is -0.484 e. The summed E-state index contributed by atoms with van der Waals surface area (Å²) in [6, 6.07) is 2.55. The molecule has 2 heterocycles. The SMILES string of the molecule is CC[C@H](C)[C@@H]([C@@H](CC(=O)N1CCC[C@H]1[C@H](OC)[C@@H](C)C(=O)N[C@@H](Cc1ccc(OCC(=O)NNC(=O)CCCn2nnc(CBr)c2CBr)cc1)C(=O)NS(=O)(=O)C1CC1)OC)N(C)C(=O)[C@@H](NC(=O)C(C(C)C)N(C)C)C(C)C. The Labute approximate surface area is 483 Å². The molecular formula is C53H85Br2N11O12S. The number of hydrogen-bond acceptors (Lipinski definition) is 15. The van der Waals surface area contributed by atoms with Gasteiger partial charge < -0.3 is 34.6 Å². The van der Waals surface area contributed by atoms with Crippen LogP contribution in [-0.4, -0.2) is 176 Å². The van der Waals surface area contributed by atoms with Gasteiger partial charge in [0.2, 0.25) is 39.6 Å². The molecular weight excluding hydrogens is 1170 g/mol. The van der Waals surface area contributed by atoms with Crippen LogP contribution in [0.15, 0.2) is 24.3 Å². The minimum atomic E-state index is -4.00. The van der Waals surface area contributed by atoms with Crippen LogP contribution in [0.1, 0.15) is 117 Å². The van der Waals surface area contributed by atoms with Crippen LogP contribution in [0.4, 0.5) is 0 Å². The van der Waals surface area contributed by atoms with Gasteiger partial charge in [-0.3, -0.25) is 54.0 Å². The van der Waals surface area contributed by atoms with Crippen molar-refractivity contribution in [3.05, 3.63) is 41.2 Å². The van der Waals surface area contributed by atoms with Gasteiger partial charge in [-0.05, 0) is 81.6 Å². The van der Waals surface area contributed by atoms with Gasteiger partial charge in [0, 0.05) is 57.9 Å². The van der Waals surface area contributed by atoms with Gasteiger partial charge in [0.15, 0.2) is 6.61 Å². The van der Waals surface area contributed by atoms with Gasteiger partial charge in [-0.15, -0.1) is 5.10 Å². The third-order valence-corrected chi connectivity index (χ3v) is 17.7. The number of amides is 7. The van der Waals surface area contributed by atoms with Gasteiger partial charge >= 0.3 is 0 Å². The average molecular weight is 1260 g/mol. The summed E-state index contributed by atoms with van der Waals surface area (Å²) in [5.74, 6) is -4.40. The number of halogens is 2. The van der Waals surface area contributed by atoms with Crippen LogP contribution in [0.25, 0.3) is 0 Å². The molecule has 2 aromatic rings. The number of nitrogens with zero attached hydrogens (tertiary/aromatic N) is 6. The summed E-state index contributed by atoms with van der Waals surface area (Å²) in [4.78, 5) is 101. The van der Waals surface area contributed by atoms with E-state index in [1.54, 1.807) is 52.7 Å². The molecule has 1 saturated heterocycles. The molecule has 0 radical (unpaired) electrons. The second-order valence-electron chi connectivity index (χ2n) is 21.6. The molecule has 444 valence electrons. The maximum absolute atomic E-state index is 14.5. The first-order valence-electron chi connectivity index (χ1n) is 27.1. The molecule has 5 N–H and O–H groups in total. The third kappa shape index (κ3) is 18.9. The zero-order valence-electron chi connectivity index (χ0n) is 47.9. The first-order chi connectivity index (χ1) is 37.3. The maximum atomic E-state index is 14.5. The fraction of sp³-hybridized carbons (Fsp3) is 0.717. The Balaban J connectivity index is 1.41. The molecule has 4 rings (SSSR count). The molecule has 1 aromatic heterocycles. The highest BCUT2D eigenvalue weighted by Gasteiger charge is 2.44. The lowest BCUT2D eigenvalue weighted by molar-refractivity contribution is -0.148. The van der Waals surface area contributed by atoms with Gasteiger partial charge in [0.1, 0.15) is 17.8 Å². The summed E-state index contributed by atoms with van der Waals surface area (Å²) in [7, 11) is 4.28. The standard InChI is InChI=1S/C53H85Br2N11O12S/c1-13-33(6)48(64(10)53(73)46(31(2)3)57-52(72)47(32(4)5)63(8)9)42(76-11)27-45(69)65-24-14-16-40(65)49(77-12)34(7)50(70)56-38(51(71)61-79(74,75)37-22-23-37)26-35-18-20-36(21-19-35)78-30-44(68)60-59-43(67)17-15-25-66-41(29-55)39(28-54)58-62-66/h18-21,31-34,37-38,40,42,46-49H,13-17,22-30H2,1-12H3,(H,56,70)(H,57,72)(H,59,67)(H,60,68)(H,61,71)/t33-,34+,38-,40-,42+,46-,47?,48-,49+/m0/s1. The Morgan fingerprint density at radius 2 is 1.49 bits per heavy atom. The lowest BCUT2D eigenvalue weighted by Crippen LogP contribution is -2.59. The number of ether oxygens (including phenoxy) is 3. The molecule has 1 aliphatic heterocycles.